The molecule has 1 aromatic heterocycles. The van der Waals surface area contributed by atoms with Gasteiger partial charge in [-0.1, -0.05) is 6.07 Å². The summed E-state index contributed by atoms with van der Waals surface area (Å²) in [5.74, 6) is -0.599. The zero-order valence-electron chi connectivity index (χ0n) is 15.0. The van der Waals surface area contributed by atoms with E-state index >= 15 is 0 Å². The lowest BCUT2D eigenvalue weighted by atomic mass is 9.90. The Kier molecular flexibility index (Phi) is 6.39. The maximum atomic E-state index is 12.8. The van der Waals surface area contributed by atoms with E-state index in [1.54, 1.807) is 29.1 Å². The Labute approximate surface area is 158 Å². The third kappa shape index (κ3) is 4.05. The lowest BCUT2D eigenvalue weighted by Gasteiger charge is -2.18. The van der Waals surface area contributed by atoms with Crippen molar-refractivity contribution in [3.05, 3.63) is 47.3 Å². The fraction of sp³-hybridized carbons (Fsp3) is 0.389. The Morgan fingerprint density at radius 1 is 1.35 bits per heavy atom. The quantitative estimate of drug-likeness (QED) is 0.793. The second kappa shape index (κ2) is 8.33. The Bertz CT molecular complexity index is 805. The van der Waals surface area contributed by atoms with Crippen LogP contribution in [-0.4, -0.2) is 41.9 Å². The third-order valence-corrected chi connectivity index (χ3v) is 4.62. The number of amides is 1. The number of esters is 1. The van der Waals surface area contributed by atoms with E-state index in [4.69, 9.17) is 4.74 Å². The number of methoxy groups -OCH3 is 1. The number of hydrogen-bond donors (Lipinski definition) is 2. The molecule has 26 heavy (non-hydrogen) atoms. The normalized spacial score (nSPS) is 18.9. The first-order chi connectivity index (χ1) is 12.0. The van der Waals surface area contributed by atoms with Gasteiger partial charge in [-0.05, 0) is 30.2 Å². The first-order valence-corrected chi connectivity index (χ1v) is 8.18. The lowest BCUT2D eigenvalue weighted by molar-refractivity contribution is -0.119. The fourth-order valence-corrected chi connectivity index (χ4v) is 3.16. The summed E-state index contributed by atoms with van der Waals surface area (Å²) in [5.41, 5.74) is 2.99. The third-order valence-electron chi connectivity index (χ3n) is 4.62. The van der Waals surface area contributed by atoms with Crippen LogP contribution in [0.4, 0.5) is 5.69 Å². The molecule has 0 unspecified atom stereocenters. The summed E-state index contributed by atoms with van der Waals surface area (Å²) in [6.45, 7) is 3.24. The summed E-state index contributed by atoms with van der Waals surface area (Å²) in [6, 6.07) is 5.14. The number of nitrogens with one attached hydrogen (secondary N) is 2. The summed E-state index contributed by atoms with van der Waals surface area (Å²) in [6.07, 6.45) is 3.75. The first kappa shape index (κ1) is 19.9. The Hall–Kier alpha value is -2.38. The van der Waals surface area contributed by atoms with E-state index < -0.39 is 5.97 Å². The molecule has 0 radical (unpaired) electrons. The maximum absolute atomic E-state index is 12.8. The van der Waals surface area contributed by atoms with Crippen molar-refractivity contribution in [2.24, 2.45) is 13.0 Å². The van der Waals surface area contributed by atoms with Crippen LogP contribution in [0.25, 0.3) is 0 Å². The van der Waals surface area contributed by atoms with Gasteiger partial charge in [-0.15, -0.1) is 12.4 Å². The predicted octanol–water partition coefficient (Wildman–Crippen LogP) is 1.88. The van der Waals surface area contributed by atoms with Crippen LogP contribution in [0.5, 0.6) is 0 Å². The maximum Gasteiger partial charge on any atom is 0.337 e. The van der Waals surface area contributed by atoms with Gasteiger partial charge in [0.15, 0.2) is 0 Å². The van der Waals surface area contributed by atoms with E-state index in [9.17, 15) is 9.59 Å². The van der Waals surface area contributed by atoms with E-state index in [2.05, 4.69) is 15.7 Å². The van der Waals surface area contributed by atoms with Crippen molar-refractivity contribution >= 4 is 30.0 Å². The zero-order valence-corrected chi connectivity index (χ0v) is 15.8. The van der Waals surface area contributed by atoms with Gasteiger partial charge in [0, 0.05) is 37.9 Å². The van der Waals surface area contributed by atoms with Crippen molar-refractivity contribution in [3.8, 4) is 0 Å². The van der Waals surface area contributed by atoms with Gasteiger partial charge >= 0.3 is 5.97 Å². The molecule has 1 saturated heterocycles. The zero-order chi connectivity index (χ0) is 18.0. The molecule has 0 bridgehead atoms. The van der Waals surface area contributed by atoms with Crippen LogP contribution in [-0.2, 0) is 16.6 Å². The molecule has 2 aromatic rings. The van der Waals surface area contributed by atoms with Crippen molar-refractivity contribution in [2.75, 3.05) is 25.5 Å². The summed E-state index contributed by atoms with van der Waals surface area (Å²) in [7, 11) is 3.20. The van der Waals surface area contributed by atoms with Gasteiger partial charge in [-0.25, -0.2) is 4.79 Å². The van der Waals surface area contributed by atoms with Gasteiger partial charge in [0.25, 0.3) is 0 Å². The molecule has 0 aliphatic carbocycles. The molecule has 8 heteroatoms. The average Bonchev–Trinajstić information content (AvgIpc) is 3.24. The van der Waals surface area contributed by atoms with Crippen LogP contribution < -0.4 is 10.6 Å². The van der Waals surface area contributed by atoms with Crippen molar-refractivity contribution in [2.45, 2.75) is 12.8 Å². The molecule has 1 aliphatic rings. The number of nitrogens with zero attached hydrogens (tertiary/aromatic N) is 2. The summed E-state index contributed by atoms with van der Waals surface area (Å²) >= 11 is 0. The minimum atomic E-state index is -0.425. The summed E-state index contributed by atoms with van der Waals surface area (Å²) in [5, 5.41) is 10.4. The van der Waals surface area contributed by atoms with E-state index in [1.807, 2.05) is 20.2 Å². The van der Waals surface area contributed by atoms with Gasteiger partial charge in [-0.3, -0.25) is 9.48 Å². The molecule has 1 fully saturated rings. The SMILES string of the molecule is COC(=O)c1ccc(C)c(NC(=O)[C@H]2CNC[C@@H]2c2cnn(C)c2)c1.Cl. The van der Waals surface area contributed by atoms with E-state index in [0.29, 0.717) is 17.8 Å². The van der Waals surface area contributed by atoms with Gasteiger partial charge in [0.2, 0.25) is 5.91 Å². The number of carbonyl (C=O) groups is 2. The average molecular weight is 379 g/mol. The molecule has 1 aromatic carbocycles. The number of aromatic nitrogens is 2. The molecule has 140 valence electrons. The van der Waals surface area contributed by atoms with Crippen LogP contribution in [0, 0.1) is 12.8 Å². The van der Waals surface area contributed by atoms with E-state index in [1.165, 1.54) is 7.11 Å². The Morgan fingerprint density at radius 2 is 2.12 bits per heavy atom. The summed E-state index contributed by atoms with van der Waals surface area (Å²) in [4.78, 5) is 24.5. The number of benzene rings is 1. The molecule has 2 N–H and O–H groups in total. The van der Waals surface area contributed by atoms with Crippen molar-refractivity contribution < 1.29 is 14.3 Å². The molecule has 1 aliphatic heterocycles. The van der Waals surface area contributed by atoms with Crippen LogP contribution in [0.1, 0.15) is 27.4 Å². The lowest BCUT2D eigenvalue weighted by Crippen LogP contribution is -2.28. The molecule has 3 rings (SSSR count). The topological polar surface area (TPSA) is 85.2 Å². The van der Waals surface area contributed by atoms with Crippen molar-refractivity contribution in [1.29, 1.82) is 0 Å². The highest BCUT2D eigenvalue weighted by molar-refractivity contribution is 5.97. The second-order valence-electron chi connectivity index (χ2n) is 6.33. The van der Waals surface area contributed by atoms with Crippen molar-refractivity contribution in [3.63, 3.8) is 0 Å². The Balaban J connectivity index is 0.00000243. The number of ether oxygens (including phenoxy) is 1. The smallest absolute Gasteiger partial charge is 0.337 e. The molecule has 1 amide bonds. The molecule has 2 heterocycles. The van der Waals surface area contributed by atoms with Crippen LogP contribution in [0.15, 0.2) is 30.6 Å². The largest absolute Gasteiger partial charge is 0.465 e. The minimum absolute atomic E-state index is 0. The molecular formula is C18H23ClN4O3. The fourth-order valence-electron chi connectivity index (χ4n) is 3.16. The van der Waals surface area contributed by atoms with Gasteiger partial charge in [0.1, 0.15) is 0 Å². The number of anilines is 1. The second-order valence-corrected chi connectivity index (χ2v) is 6.33. The molecule has 0 saturated carbocycles. The van der Waals surface area contributed by atoms with E-state index in [-0.39, 0.29) is 30.2 Å². The molecule has 0 spiro atoms. The minimum Gasteiger partial charge on any atom is -0.465 e. The standard InChI is InChI=1S/C18H22N4O3.ClH/c1-11-4-5-12(18(24)25-3)6-16(11)21-17(23)15-9-19-8-14(15)13-7-20-22(2)10-13;/h4-7,10,14-15,19H,8-9H2,1-3H3,(H,21,23);1H/t14-,15+;/m1./s1. The number of halogens is 1. The van der Waals surface area contributed by atoms with Crippen LogP contribution >= 0.6 is 12.4 Å². The van der Waals surface area contributed by atoms with Crippen LogP contribution in [0.3, 0.4) is 0 Å². The molecule has 7 nitrogen and oxygen atoms in total. The van der Waals surface area contributed by atoms with Gasteiger partial charge in [-0.2, -0.15) is 5.10 Å². The highest BCUT2D eigenvalue weighted by atomic mass is 35.5. The van der Waals surface area contributed by atoms with Gasteiger partial charge in [0.05, 0.1) is 24.8 Å². The van der Waals surface area contributed by atoms with E-state index in [0.717, 1.165) is 17.7 Å². The number of aryl methyl sites for hydroxylation is 2. The monoisotopic (exact) mass is 378 g/mol. The number of hydrogen-bond acceptors (Lipinski definition) is 5. The Morgan fingerprint density at radius 3 is 2.77 bits per heavy atom. The predicted molar refractivity (Wildman–Crippen MR) is 101 cm³/mol. The van der Waals surface area contributed by atoms with Gasteiger partial charge < -0.3 is 15.4 Å². The first-order valence-electron chi connectivity index (χ1n) is 8.18. The molecule has 2 atom stereocenters. The van der Waals surface area contributed by atoms with Crippen LogP contribution in [0.2, 0.25) is 0 Å². The highest BCUT2D eigenvalue weighted by Crippen LogP contribution is 2.29. The number of rotatable bonds is 4. The summed E-state index contributed by atoms with van der Waals surface area (Å²) < 4.78 is 6.48. The molecular weight excluding hydrogens is 356 g/mol. The number of carbonyl (C=O) groups excluding carboxylic acids is 2. The van der Waals surface area contributed by atoms with Crippen molar-refractivity contribution in [1.82, 2.24) is 15.1 Å². The highest BCUT2D eigenvalue weighted by Gasteiger charge is 2.34.